The number of halogens is 1. The van der Waals surface area contributed by atoms with Crippen molar-refractivity contribution in [1.82, 2.24) is 0 Å². The van der Waals surface area contributed by atoms with Crippen LogP contribution < -0.4 is 0 Å². The van der Waals surface area contributed by atoms with Crippen molar-refractivity contribution in [3.8, 4) is 0 Å². The number of alkyl halides is 1. The molecule has 1 heterocycles. The standard InChI is InChI=1S/C12H17BrO8.Ac/c1-5(15)18-9-8(4-14)21-12(13)11(20-7(3)17)10(9)19-6(2)16;/h8-12,14H,4H2,1-3H3;/t8-,9+,10+,11-,12+;/m1./s1. The van der Waals surface area contributed by atoms with Crippen molar-refractivity contribution in [2.45, 2.75) is 50.2 Å². The average Bonchev–Trinajstić information content (AvgIpc) is 2.35. The van der Waals surface area contributed by atoms with Crippen molar-refractivity contribution < 1.29 is 82.5 Å². The monoisotopic (exact) mass is 595 g/mol. The fraction of sp³-hybridized carbons (Fsp3) is 0.750. The fourth-order valence-electron chi connectivity index (χ4n) is 1.99. The first-order valence-corrected chi connectivity index (χ1v) is 7.09. The predicted molar refractivity (Wildman–Crippen MR) is 71.3 cm³/mol. The minimum Gasteiger partial charge on any atom is -0.456 e. The Hall–Kier alpha value is 0.252. The summed E-state index contributed by atoms with van der Waals surface area (Å²) in [5.41, 5.74) is 0. The molecule has 5 atom stereocenters. The molecular weight excluding hydrogens is 579 g/mol. The predicted octanol–water partition coefficient (Wildman–Crippen LogP) is -0.106. The van der Waals surface area contributed by atoms with Crippen LogP contribution in [-0.2, 0) is 33.3 Å². The molecule has 0 amide bonds. The van der Waals surface area contributed by atoms with Crippen molar-refractivity contribution in [1.29, 1.82) is 0 Å². The summed E-state index contributed by atoms with van der Waals surface area (Å²) < 4.78 is 20.6. The Balaban J connectivity index is 0.00000441. The molecule has 0 aromatic heterocycles. The number of carbonyl (C=O) groups excluding carboxylic acids is 3. The van der Waals surface area contributed by atoms with Gasteiger partial charge in [-0.15, -0.1) is 0 Å². The second-order valence-corrected chi connectivity index (χ2v) is 5.33. The van der Waals surface area contributed by atoms with Crippen LogP contribution in [0, 0.1) is 44.1 Å². The van der Waals surface area contributed by atoms with Gasteiger partial charge in [-0.1, -0.05) is 15.9 Å². The Kier molecular flexibility index (Phi) is 10.3. The van der Waals surface area contributed by atoms with Crippen molar-refractivity contribution in [2.24, 2.45) is 0 Å². The number of carbonyl (C=O) groups is 3. The van der Waals surface area contributed by atoms with Gasteiger partial charge in [0.25, 0.3) is 0 Å². The summed E-state index contributed by atoms with van der Waals surface area (Å²) in [5, 5.41) is 8.50. The third-order valence-corrected chi connectivity index (χ3v) is 3.40. The summed E-state index contributed by atoms with van der Waals surface area (Å²) in [5.74, 6) is -1.91. The first-order chi connectivity index (χ1) is 9.76. The number of aliphatic hydroxyl groups excluding tert-OH is 1. The Morgan fingerprint density at radius 1 is 0.955 bits per heavy atom. The van der Waals surface area contributed by atoms with Gasteiger partial charge in [-0.3, -0.25) is 14.4 Å². The van der Waals surface area contributed by atoms with Crippen molar-refractivity contribution in [3.05, 3.63) is 0 Å². The molecule has 1 N–H and O–H groups in total. The van der Waals surface area contributed by atoms with E-state index in [1.807, 2.05) is 0 Å². The van der Waals surface area contributed by atoms with Gasteiger partial charge >= 0.3 is 17.9 Å². The molecule has 0 aliphatic carbocycles. The first kappa shape index (κ1) is 22.3. The summed E-state index contributed by atoms with van der Waals surface area (Å²) in [7, 11) is 0. The van der Waals surface area contributed by atoms with Gasteiger partial charge in [0.2, 0.25) is 0 Å². The minimum atomic E-state index is -1.09. The SMILES string of the molecule is CC(=O)O[C@@H]1[C@@H](OC(C)=O)[C@@H](Br)O[C@H](CO)[C@@H]1OC(C)=O.[Ac]. The molecule has 0 aromatic carbocycles. The molecule has 0 unspecified atom stereocenters. The maximum Gasteiger partial charge on any atom is 0.303 e. The van der Waals surface area contributed by atoms with Crippen LogP contribution in [0.2, 0.25) is 0 Å². The number of hydrogen-bond acceptors (Lipinski definition) is 8. The van der Waals surface area contributed by atoms with Crippen LogP contribution in [0.3, 0.4) is 0 Å². The molecule has 0 aromatic rings. The Morgan fingerprint density at radius 2 is 1.36 bits per heavy atom. The molecule has 0 saturated carbocycles. The van der Waals surface area contributed by atoms with E-state index in [1.165, 1.54) is 20.8 Å². The molecule has 22 heavy (non-hydrogen) atoms. The second kappa shape index (κ2) is 10.2. The van der Waals surface area contributed by atoms with Crippen molar-refractivity contribution in [3.63, 3.8) is 0 Å². The molecule has 1 fully saturated rings. The molecule has 0 spiro atoms. The van der Waals surface area contributed by atoms with Gasteiger partial charge in [-0.25, -0.2) is 0 Å². The number of aliphatic hydroxyl groups is 1. The van der Waals surface area contributed by atoms with Crippen LogP contribution in [0.1, 0.15) is 20.8 Å². The van der Waals surface area contributed by atoms with Crippen LogP contribution in [-0.4, -0.2) is 59.1 Å². The molecule has 1 radical (unpaired) electrons. The number of ether oxygens (including phenoxy) is 4. The van der Waals surface area contributed by atoms with Gasteiger partial charge in [0.15, 0.2) is 23.3 Å². The average molecular weight is 596 g/mol. The van der Waals surface area contributed by atoms with E-state index in [2.05, 4.69) is 15.9 Å². The van der Waals surface area contributed by atoms with Crippen LogP contribution in [0.25, 0.3) is 0 Å². The van der Waals surface area contributed by atoms with E-state index >= 15 is 0 Å². The summed E-state index contributed by atoms with van der Waals surface area (Å²) in [4.78, 5) is 33.6. The van der Waals surface area contributed by atoms with Gasteiger partial charge in [0.05, 0.1) is 6.61 Å². The number of rotatable bonds is 4. The van der Waals surface area contributed by atoms with Crippen molar-refractivity contribution >= 4 is 33.8 Å². The largest absolute Gasteiger partial charge is 0.456 e. The molecule has 1 aliphatic heterocycles. The van der Waals surface area contributed by atoms with Crippen LogP contribution in [0.4, 0.5) is 0 Å². The zero-order valence-electron chi connectivity index (χ0n) is 12.4. The Labute approximate surface area is 171 Å². The first-order valence-electron chi connectivity index (χ1n) is 6.18. The van der Waals surface area contributed by atoms with Gasteiger partial charge in [0, 0.05) is 64.8 Å². The molecule has 10 heteroatoms. The van der Waals surface area contributed by atoms with E-state index in [0.29, 0.717) is 0 Å². The van der Waals surface area contributed by atoms with E-state index in [-0.39, 0.29) is 44.1 Å². The molecular formula is C12H17AcBrO8. The molecule has 0 bridgehead atoms. The summed E-state index contributed by atoms with van der Waals surface area (Å²) in [6, 6.07) is 0. The number of esters is 3. The zero-order chi connectivity index (χ0) is 16.2. The van der Waals surface area contributed by atoms with E-state index in [4.69, 9.17) is 18.9 Å². The van der Waals surface area contributed by atoms with E-state index in [1.54, 1.807) is 0 Å². The van der Waals surface area contributed by atoms with Crippen LogP contribution in [0.15, 0.2) is 0 Å². The van der Waals surface area contributed by atoms with Gasteiger partial charge < -0.3 is 24.1 Å². The topological polar surface area (TPSA) is 108 Å². The third kappa shape index (κ3) is 6.40. The van der Waals surface area contributed by atoms with Gasteiger partial charge in [-0.05, 0) is 0 Å². The van der Waals surface area contributed by atoms with Gasteiger partial charge in [0.1, 0.15) is 6.10 Å². The Morgan fingerprint density at radius 3 is 1.77 bits per heavy atom. The molecule has 1 saturated heterocycles. The molecule has 8 nitrogen and oxygen atoms in total. The fourth-order valence-corrected chi connectivity index (χ4v) is 2.67. The van der Waals surface area contributed by atoms with E-state index < -0.39 is 53.9 Å². The van der Waals surface area contributed by atoms with Gasteiger partial charge in [-0.2, -0.15) is 0 Å². The summed E-state index contributed by atoms with van der Waals surface area (Å²) in [6.45, 7) is 3.05. The maximum atomic E-state index is 11.3. The quantitative estimate of drug-likeness (QED) is 0.273. The Bertz CT molecular complexity index is 418. The minimum absolute atomic E-state index is 0. The smallest absolute Gasteiger partial charge is 0.303 e. The van der Waals surface area contributed by atoms with E-state index in [0.717, 1.165) is 0 Å². The molecule has 1 rings (SSSR count). The second-order valence-electron chi connectivity index (χ2n) is 4.43. The molecule has 123 valence electrons. The van der Waals surface area contributed by atoms with Crippen LogP contribution >= 0.6 is 15.9 Å². The maximum absolute atomic E-state index is 11.3. The molecule has 1 aliphatic rings. The van der Waals surface area contributed by atoms with Crippen molar-refractivity contribution in [2.75, 3.05) is 6.61 Å². The third-order valence-electron chi connectivity index (χ3n) is 2.66. The van der Waals surface area contributed by atoms with E-state index in [9.17, 15) is 19.5 Å². The zero-order valence-corrected chi connectivity index (χ0v) is 18.7. The summed E-state index contributed by atoms with van der Waals surface area (Å²) >= 11 is 3.15. The van der Waals surface area contributed by atoms with Crippen LogP contribution in [0.5, 0.6) is 0 Å². The summed E-state index contributed by atoms with van der Waals surface area (Å²) in [6.07, 6.45) is -4.12. The normalized spacial score (nSPS) is 30.7. The number of hydrogen-bond donors (Lipinski definition) is 1.